The molecule has 8 nitrogen and oxygen atoms in total. The maximum Gasteiger partial charge on any atom is 2.00 e. The van der Waals surface area contributed by atoms with E-state index in [2.05, 4.69) is 204 Å². The van der Waals surface area contributed by atoms with Crippen LogP contribution >= 0.6 is 0 Å². The molecule has 0 saturated carbocycles. The fourth-order valence-electron chi connectivity index (χ4n) is 9.47. The minimum Gasteiger partial charge on any atom is -0.657 e. The molecule has 0 atom stereocenters. The average Bonchev–Trinajstić information content (AvgIpc) is 4.31. The van der Waals surface area contributed by atoms with E-state index in [1.165, 1.54) is 0 Å². The summed E-state index contributed by atoms with van der Waals surface area (Å²) in [5.41, 5.74) is 19.8. The van der Waals surface area contributed by atoms with Gasteiger partial charge in [-0.2, -0.15) is 0 Å². The molecule has 0 saturated heterocycles. The van der Waals surface area contributed by atoms with Gasteiger partial charge in [0.2, 0.25) is 0 Å². The van der Waals surface area contributed by atoms with Crippen molar-refractivity contribution < 1.29 is 19.5 Å². The standard InChI is InChI=1S/C66H48N8.Zn/c1-73(2)49-30-23-47(24-31-49)27-34-53-54-35-37-60(69-54)65(56-17-9-11-43-67-56)62-41-39-58(71-62)64(59-40-42-63(72-59)66(57-18-10-12-44-68-57)61-38-36-55(53)70-61)48-28-21-45(22-29-48)19-20-46-25-32-52(33-26-46)74(50-13-5-3-6-14-50)51-15-7-4-8-16-51;/h3-44H,1-2H3;/q-2;+2/b20-19+,34-27+,54-53?,55-53?,64-58?,64-59?,65-60?,65-62?,66-61?,66-63?;. The summed E-state index contributed by atoms with van der Waals surface area (Å²) in [5, 5.41) is 0. The number of hydrogen-bond acceptors (Lipinski definition) is 6. The zero-order valence-corrected chi connectivity index (χ0v) is 44.5. The van der Waals surface area contributed by atoms with E-state index in [9.17, 15) is 0 Å². The summed E-state index contributed by atoms with van der Waals surface area (Å²) in [5.74, 6) is 0. The second-order valence-electron chi connectivity index (χ2n) is 18.2. The van der Waals surface area contributed by atoms with Crippen molar-refractivity contribution in [2.24, 2.45) is 0 Å². The quantitative estimate of drug-likeness (QED) is 0.0936. The van der Waals surface area contributed by atoms with Gasteiger partial charge < -0.3 is 19.8 Å². The molecule has 12 rings (SSSR count). The number of aromatic nitrogens is 6. The van der Waals surface area contributed by atoms with Crippen molar-refractivity contribution in [2.45, 2.75) is 0 Å². The monoisotopic (exact) mass is 1020 g/mol. The number of fused-ring (bicyclic) bond motifs is 8. The third kappa shape index (κ3) is 10.1. The third-order valence-electron chi connectivity index (χ3n) is 13.2. The molecule has 354 valence electrons. The molecule has 75 heavy (non-hydrogen) atoms. The Bertz CT molecular complexity index is 3860. The van der Waals surface area contributed by atoms with Crippen LogP contribution in [0.4, 0.5) is 22.7 Å². The molecular weight excluding hydrogens is 970 g/mol. The molecule has 5 aromatic carbocycles. The molecule has 0 radical (unpaired) electrons. The first kappa shape index (κ1) is 48.0. The fraction of sp³-hybridized carbons (Fsp3) is 0.0303. The van der Waals surface area contributed by atoms with Gasteiger partial charge in [0.05, 0.1) is 34.2 Å². The van der Waals surface area contributed by atoms with Crippen LogP contribution in [0.25, 0.3) is 104 Å². The predicted molar refractivity (Wildman–Crippen MR) is 308 cm³/mol. The van der Waals surface area contributed by atoms with Crippen molar-refractivity contribution in [1.82, 2.24) is 29.9 Å². The molecule has 0 fully saturated rings. The number of nitrogens with zero attached hydrogens (tertiary/aromatic N) is 8. The average molecular weight is 1020 g/mol. The van der Waals surface area contributed by atoms with Crippen molar-refractivity contribution in [3.05, 3.63) is 252 Å². The van der Waals surface area contributed by atoms with Crippen molar-refractivity contribution >= 4 is 93.4 Å². The van der Waals surface area contributed by atoms with Crippen LogP contribution < -0.4 is 19.8 Å². The molecule has 7 heterocycles. The summed E-state index contributed by atoms with van der Waals surface area (Å²) in [4.78, 5) is 35.6. The predicted octanol–water partition coefficient (Wildman–Crippen LogP) is 15.6. The minimum absolute atomic E-state index is 0. The summed E-state index contributed by atoms with van der Waals surface area (Å²) >= 11 is 0. The summed E-state index contributed by atoms with van der Waals surface area (Å²) in [6.07, 6.45) is 20.4. The van der Waals surface area contributed by atoms with E-state index in [4.69, 9.17) is 29.9 Å². The Morgan fingerprint density at radius 3 is 1.27 bits per heavy atom. The topological polar surface area (TPSA) is 86.2 Å². The van der Waals surface area contributed by atoms with Crippen LogP contribution in [-0.2, 0) is 19.5 Å². The molecule has 2 aliphatic heterocycles. The number of anilines is 4. The zero-order valence-electron chi connectivity index (χ0n) is 41.5. The SMILES string of the molecule is CN(C)c1ccc(/C=C/c2c3nc(c(-c4ccccn4)c4ccc([n-]4)c(-c4ccc(/C=C/c5ccc(N(c6ccccc6)c6ccccc6)cc5)cc4)c4nc(c(-c5ccccn5)c5ccc2[n-]5)C=C4)C=C3)cc1.[Zn+2]. The van der Waals surface area contributed by atoms with Gasteiger partial charge >= 0.3 is 19.5 Å². The number of benzene rings is 5. The van der Waals surface area contributed by atoms with Gasteiger partial charge in [-0.3, -0.25) is 9.97 Å². The normalized spacial score (nSPS) is 11.8. The van der Waals surface area contributed by atoms with Gasteiger partial charge in [0.15, 0.2) is 0 Å². The van der Waals surface area contributed by atoms with Crippen LogP contribution in [0.3, 0.4) is 0 Å². The molecule has 0 amide bonds. The first-order chi connectivity index (χ1) is 36.5. The maximum absolute atomic E-state index is 5.41. The first-order valence-electron chi connectivity index (χ1n) is 24.6. The van der Waals surface area contributed by atoms with E-state index in [-0.39, 0.29) is 19.5 Å². The number of hydrogen-bond donors (Lipinski definition) is 0. The van der Waals surface area contributed by atoms with E-state index in [0.717, 1.165) is 123 Å². The second-order valence-corrected chi connectivity index (χ2v) is 18.2. The largest absolute Gasteiger partial charge is 2.00 e. The van der Waals surface area contributed by atoms with Crippen LogP contribution in [0.5, 0.6) is 0 Å². The Morgan fingerprint density at radius 2 is 0.760 bits per heavy atom. The zero-order chi connectivity index (χ0) is 49.8. The Morgan fingerprint density at radius 1 is 0.360 bits per heavy atom. The molecule has 0 spiro atoms. The molecule has 8 bridgehead atoms. The Kier molecular flexibility index (Phi) is 13.7. The number of para-hydroxylation sites is 2. The fourth-order valence-corrected chi connectivity index (χ4v) is 9.47. The maximum atomic E-state index is 5.41. The van der Waals surface area contributed by atoms with Gasteiger partial charge in [-0.25, -0.2) is 9.97 Å². The Balaban J connectivity index is 0.00000602. The molecule has 9 heteroatoms. The van der Waals surface area contributed by atoms with Crippen LogP contribution in [0.1, 0.15) is 45.0 Å². The summed E-state index contributed by atoms with van der Waals surface area (Å²) < 4.78 is 0. The molecule has 10 aromatic rings. The van der Waals surface area contributed by atoms with Crippen molar-refractivity contribution in [2.75, 3.05) is 23.9 Å². The summed E-state index contributed by atoms with van der Waals surface area (Å²) in [7, 11) is 4.09. The van der Waals surface area contributed by atoms with Crippen LogP contribution in [0, 0.1) is 0 Å². The summed E-state index contributed by atoms with van der Waals surface area (Å²) in [6.45, 7) is 0. The van der Waals surface area contributed by atoms with Crippen LogP contribution in [-0.4, -0.2) is 34.0 Å². The Labute approximate surface area is 449 Å². The van der Waals surface area contributed by atoms with E-state index in [0.29, 0.717) is 0 Å². The van der Waals surface area contributed by atoms with Gasteiger partial charge in [0, 0.05) is 60.4 Å². The molecular formula is C66H48N8Zn. The van der Waals surface area contributed by atoms with Gasteiger partial charge in [0.25, 0.3) is 0 Å². The smallest absolute Gasteiger partial charge is 0.657 e. The van der Waals surface area contributed by atoms with E-state index >= 15 is 0 Å². The van der Waals surface area contributed by atoms with Gasteiger partial charge in [0.1, 0.15) is 0 Å². The third-order valence-corrected chi connectivity index (χ3v) is 13.2. The first-order valence-corrected chi connectivity index (χ1v) is 24.6. The molecule has 0 aliphatic carbocycles. The van der Waals surface area contributed by atoms with Crippen LogP contribution in [0.15, 0.2) is 207 Å². The van der Waals surface area contributed by atoms with E-state index < -0.39 is 0 Å². The Hall–Kier alpha value is -9.30. The van der Waals surface area contributed by atoms with Gasteiger partial charge in [-0.15, -0.1) is 22.1 Å². The van der Waals surface area contributed by atoms with Crippen molar-refractivity contribution in [3.8, 4) is 33.6 Å². The van der Waals surface area contributed by atoms with Crippen molar-refractivity contribution in [3.63, 3.8) is 0 Å². The minimum atomic E-state index is 0. The number of rotatable bonds is 11. The second kappa shape index (κ2) is 21.4. The van der Waals surface area contributed by atoms with E-state index in [1.54, 1.807) is 0 Å². The molecule has 2 aliphatic rings. The molecule has 5 aromatic heterocycles. The van der Waals surface area contributed by atoms with Crippen molar-refractivity contribution in [1.29, 1.82) is 0 Å². The number of pyridine rings is 2. The molecule has 0 unspecified atom stereocenters. The van der Waals surface area contributed by atoms with Gasteiger partial charge in [-0.05, 0) is 130 Å². The van der Waals surface area contributed by atoms with Crippen LogP contribution in [0.2, 0.25) is 0 Å². The summed E-state index contributed by atoms with van der Waals surface area (Å²) in [6, 6.07) is 66.8. The van der Waals surface area contributed by atoms with E-state index in [1.807, 2.05) is 75.0 Å². The van der Waals surface area contributed by atoms with Gasteiger partial charge in [-0.1, -0.05) is 146 Å². The molecule has 0 N–H and O–H groups in total.